The average Bonchev–Trinajstić information content (AvgIpc) is 2.31. The molecule has 1 aliphatic rings. The predicted octanol–water partition coefficient (Wildman–Crippen LogP) is -1.80. The van der Waals surface area contributed by atoms with E-state index < -0.39 is 47.8 Å². The number of hydrogen-bond acceptors (Lipinski definition) is 7. The topological polar surface area (TPSA) is 127 Å². The van der Waals surface area contributed by atoms with E-state index in [0.29, 0.717) is 0 Å². The fourth-order valence-electron chi connectivity index (χ4n) is 1.91. The molecule has 0 aromatic rings. The molecule has 0 aliphatic carbocycles. The maximum atomic E-state index is 11.0. The summed E-state index contributed by atoms with van der Waals surface area (Å²) in [5.74, 6) is -1.98. The summed E-state index contributed by atoms with van der Waals surface area (Å²) in [7, 11) is 0. The second-order valence-corrected chi connectivity index (χ2v) is 5.27. The van der Waals surface area contributed by atoms with Gasteiger partial charge in [0.05, 0.1) is 18.8 Å². The number of hydrogen-bond donors (Lipinski definition) is 6. The van der Waals surface area contributed by atoms with Crippen LogP contribution in [0.1, 0.15) is 13.3 Å². The van der Waals surface area contributed by atoms with Gasteiger partial charge in [0.1, 0.15) is 12.2 Å². The number of rotatable bonds is 4. The summed E-state index contributed by atoms with van der Waals surface area (Å²) < 4.78 is 5.19. The lowest BCUT2D eigenvalue weighted by molar-refractivity contribution is -0.211. The number of carboxylic acids is 1. The van der Waals surface area contributed by atoms with E-state index in [9.17, 15) is 20.1 Å². The van der Waals surface area contributed by atoms with Crippen LogP contribution in [0.2, 0.25) is 0 Å². The molecular formula is C10H18O7S. The van der Waals surface area contributed by atoms with Gasteiger partial charge < -0.3 is 30.3 Å². The van der Waals surface area contributed by atoms with Gasteiger partial charge >= 0.3 is 5.97 Å². The van der Waals surface area contributed by atoms with E-state index in [-0.39, 0.29) is 6.42 Å². The van der Waals surface area contributed by atoms with Crippen LogP contribution < -0.4 is 0 Å². The zero-order valence-electron chi connectivity index (χ0n) is 9.80. The molecule has 18 heavy (non-hydrogen) atoms. The predicted molar refractivity (Wildman–Crippen MR) is 63.1 cm³/mol. The molecule has 1 fully saturated rings. The molecule has 5 N–H and O–H groups in total. The number of aliphatic hydroxyl groups is 4. The van der Waals surface area contributed by atoms with Gasteiger partial charge in [-0.1, -0.05) is 6.92 Å². The largest absolute Gasteiger partial charge is 0.478 e. The van der Waals surface area contributed by atoms with Crippen molar-refractivity contribution >= 4 is 18.6 Å². The third-order valence-corrected chi connectivity index (χ3v) is 3.67. The molecule has 1 saturated heterocycles. The molecule has 0 aromatic heterocycles. The Bertz CT molecular complexity index is 313. The smallest absolute Gasteiger partial charge is 0.346 e. The van der Waals surface area contributed by atoms with Crippen LogP contribution in [-0.2, 0) is 9.53 Å². The second kappa shape index (κ2) is 5.72. The van der Waals surface area contributed by atoms with Crippen LogP contribution in [0.25, 0.3) is 0 Å². The van der Waals surface area contributed by atoms with Gasteiger partial charge in [0.25, 0.3) is 0 Å². The first-order valence-electron chi connectivity index (χ1n) is 5.51. The van der Waals surface area contributed by atoms with E-state index in [0.717, 1.165) is 0 Å². The summed E-state index contributed by atoms with van der Waals surface area (Å²) in [6, 6.07) is 0. The van der Waals surface area contributed by atoms with E-state index in [2.05, 4.69) is 12.6 Å². The van der Waals surface area contributed by atoms with E-state index in [4.69, 9.17) is 14.9 Å². The van der Waals surface area contributed by atoms with Gasteiger partial charge in [-0.2, -0.15) is 0 Å². The van der Waals surface area contributed by atoms with E-state index in [1.807, 2.05) is 0 Å². The van der Waals surface area contributed by atoms with Crippen LogP contribution in [0.3, 0.4) is 0 Å². The number of thiol groups is 1. The van der Waals surface area contributed by atoms with Crippen LogP contribution in [0.5, 0.6) is 0 Å². The molecule has 6 atom stereocenters. The van der Waals surface area contributed by atoms with Crippen LogP contribution in [0, 0.1) is 5.92 Å². The Labute approximate surface area is 109 Å². The first-order valence-corrected chi connectivity index (χ1v) is 5.96. The monoisotopic (exact) mass is 282 g/mol. The molecule has 1 aliphatic heterocycles. The van der Waals surface area contributed by atoms with E-state index in [1.54, 1.807) is 6.92 Å². The van der Waals surface area contributed by atoms with Gasteiger partial charge in [-0.3, -0.25) is 0 Å². The minimum Gasteiger partial charge on any atom is -0.478 e. The van der Waals surface area contributed by atoms with Crippen LogP contribution in [-0.4, -0.2) is 67.5 Å². The van der Waals surface area contributed by atoms with E-state index in [1.165, 1.54) is 0 Å². The van der Waals surface area contributed by atoms with Crippen LogP contribution in [0.15, 0.2) is 0 Å². The molecule has 1 rings (SSSR count). The Balaban J connectivity index is 2.92. The van der Waals surface area contributed by atoms with Gasteiger partial charge in [-0.15, -0.1) is 12.6 Å². The Kier molecular flexibility index (Phi) is 4.98. The number of carboxylic acid groups (broad SMARTS) is 1. The van der Waals surface area contributed by atoms with Gasteiger partial charge in [0.2, 0.25) is 4.93 Å². The molecule has 8 heteroatoms. The van der Waals surface area contributed by atoms with Crippen molar-refractivity contribution in [2.75, 3.05) is 6.61 Å². The quantitative estimate of drug-likeness (QED) is 0.336. The maximum absolute atomic E-state index is 11.0. The summed E-state index contributed by atoms with van der Waals surface area (Å²) in [6.07, 6.45) is -5.40. The van der Waals surface area contributed by atoms with Crippen LogP contribution in [0.4, 0.5) is 0 Å². The Morgan fingerprint density at radius 3 is 2.56 bits per heavy atom. The summed E-state index contributed by atoms with van der Waals surface area (Å²) in [5, 5.41) is 46.7. The molecule has 1 heterocycles. The number of aliphatic carboxylic acids is 1. The first-order chi connectivity index (χ1) is 8.23. The van der Waals surface area contributed by atoms with Crippen molar-refractivity contribution in [1.82, 2.24) is 0 Å². The van der Waals surface area contributed by atoms with Crippen molar-refractivity contribution in [3.63, 3.8) is 0 Å². The Morgan fingerprint density at radius 1 is 1.56 bits per heavy atom. The van der Waals surface area contributed by atoms with E-state index >= 15 is 0 Å². The molecule has 0 saturated carbocycles. The number of ether oxygens (including phenoxy) is 1. The highest BCUT2D eigenvalue weighted by molar-refractivity contribution is 7.82. The van der Waals surface area contributed by atoms with Crippen molar-refractivity contribution < 1.29 is 35.1 Å². The Hall–Kier alpha value is -0.380. The van der Waals surface area contributed by atoms with Gasteiger partial charge in [0.15, 0.2) is 0 Å². The Morgan fingerprint density at radius 2 is 2.11 bits per heavy atom. The third kappa shape index (κ3) is 2.95. The molecule has 0 bridgehead atoms. The van der Waals surface area contributed by atoms with Crippen molar-refractivity contribution in [3.05, 3.63) is 0 Å². The normalized spacial score (nSPS) is 40.2. The molecular weight excluding hydrogens is 264 g/mol. The fourth-order valence-corrected chi connectivity index (χ4v) is 2.22. The molecule has 0 spiro atoms. The van der Waals surface area contributed by atoms with Crippen molar-refractivity contribution in [1.29, 1.82) is 0 Å². The summed E-state index contributed by atoms with van der Waals surface area (Å²) >= 11 is 3.86. The molecule has 0 amide bonds. The van der Waals surface area contributed by atoms with Crippen molar-refractivity contribution in [3.8, 4) is 0 Å². The highest BCUT2D eigenvalue weighted by Crippen LogP contribution is 2.37. The van der Waals surface area contributed by atoms with Gasteiger partial charge in [-0.25, -0.2) is 4.79 Å². The molecule has 0 aromatic carbocycles. The summed E-state index contributed by atoms with van der Waals surface area (Å²) in [4.78, 5) is 9.11. The molecule has 0 radical (unpaired) electrons. The minimum atomic E-state index is -1.92. The lowest BCUT2D eigenvalue weighted by atomic mass is 9.85. The lowest BCUT2D eigenvalue weighted by Gasteiger charge is -2.43. The third-order valence-electron chi connectivity index (χ3n) is 3.19. The standard InChI is InChI=1S/C10H18O7S/c1-4-5(12)2-10(18,9(15)16)17-8(4)7(14)6(13)3-11/h4-8,11-14,18H,2-3H2,1H3,(H,15,16)/t4-,5-,6-,7-,8?,10+/m1/s1. The molecule has 1 unspecified atom stereocenters. The lowest BCUT2D eigenvalue weighted by Crippen LogP contribution is -2.58. The summed E-state index contributed by atoms with van der Waals surface area (Å²) in [6.45, 7) is 0.855. The highest BCUT2D eigenvalue weighted by atomic mass is 32.1. The zero-order chi connectivity index (χ0) is 14.1. The second-order valence-electron chi connectivity index (χ2n) is 4.54. The van der Waals surface area contributed by atoms with Gasteiger partial charge in [-0.05, 0) is 0 Å². The average molecular weight is 282 g/mol. The highest BCUT2D eigenvalue weighted by Gasteiger charge is 2.50. The van der Waals surface area contributed by atoms with Gasteiger partial charge in [0, 0.05) is 12.3 Å². The minimum absolute atomic E-state index is 0.231. The SMILES string of the molecule is C[C@H]1C([C@H](O)[C@H](O)CO)O[C@@](S)(C(=O)O)C[C@H]1O. The summed E-state index contributed by atoms with van der Waals surface area (Å²) in [5.41, 5.74) is 0. The van der Waals surface area contributed by atoms with Crippen molar-refractivity contribution in [2.45, 2.75) is 42.7 Å². The number of aliphatic hydroxyl groups excluding tert-OH is 4. The maximum Gasteiger partial charge on any atom is 0.346 e. The van der Waals surface area contributed by atoms with Crippen molar-refractivity contribution in [2.24, 2.45) is 5.92 Å². The van der Waals surface area contributed by atoms with Crippen LogP contribution >= 0.6 is 12.6 Å². The first kappa shape index (κ1) is 15.7. The molecule has 7 nitrogen and oxygen atoms in total. The zero-order valence-corrected chi connectivity index (χ0v) is 10.7. The fraction of sp³-hybridized carbons (Fsp3) is 0.900. The molecule has 106 valence electrons. The number of carbonyl (C=O) groups is 1.